The summed E-state index contributed by atoms with van der Waals surface area (Å²) in [6, 6.07) is 4.85. The normalized spacial score (nSPS) is 18.7. The van der Waals surface area contributed by atoms with Crippen LogP contribution in [0.25, 0.3) is 0 Å². The molecule has 1 heterocycles. The van der Waals surface area contributed by atoms with Crippen LogP contribution >= 0.6 is 0 Å². The lowest BCUT2D eigenvalue weighted by molar-refractivity contribution is -0.138. The molecular weight excluding hydrogens is 320 g/mol. The number of hydrogen-bond acceptors (Lipinski definition) is 4. The molecule has 3 N–H and O–H groups in total. The number of phenols is 1. The summed E-state index contributed by atoms with van der Waals surface area (Å²) in [4.78, 5) is 11.4. The first-order valence-electron chi connectivity index (χ1n) is 7.56. The number of nitrogens with one attached hydrogen (secondary N) is 1. The molecule has 1 saturated heterocycles. The quantitative estimate of drug-likeness (QED) is 0.714. The smallest absolute Gasteiger partial charge is 0.322 e. The van der Waals surface area contributed by atoms with Crippen molar-refractivity contribution in [3.05, 3.63) is 29.8 Å². The van der Waals surface area contributed by atoms with E-state index in [2.05, 4.69) is 11.6 Å². The van der Waals surface area contributed by atoms with Crippen LogP contribution in [-0.2, 0) is 21.4 Å². The Morgan fingerprint density at radius 3 is 2.61 bits per heavy atom. The summed E-state index contributed by atoms with van der Waals surface area (Å²) in [6.07, 6.45) is 1.50. The third-order valence-electron chi connectivity index (χ3n) is 4.02. The number of carboxylic acids is 1. The van der Waals surface area contributed by atoms with Crippen molar-refractivity contribution in [2.24, 2.45) is 5.92 Å². The number of carbonyl (C=O) groups is 1. The van der Waals surface area contributed by atoms with Crippen LogP contribution in [0.4, 0.5) is 0 Å². The van der Waals surface area contributed by atoms with Crippen molar-refractivity contribution in [1.82, 2.24) is 9.03 Å². The van der Waals surface area contributed by atoms with Gasteiger partial charge in [0.25, 0.3) is 10.2 Å². The predicted molar refractivity (Wildman–Crippen MR) is 85.3 cm³/mol. The number of phenolic OH excluding ortho intramolecular Hbond substituents is 1. The minimum atomic E-state index is -3.84. The number of benzene rings is 1. The second-order valence-corrected chi connectivity index (χ2v) is 7.67. The van der Waals surface area contributed by atoms with E-state index >= 15 is 0 Å². The summed E-state index contributed by atoms with van der Waals surface area (Å²) in [5.41, 5.74) is 0.548. The van der Waals surface area contributed by atoms with Crippen molar-refractivity contribution in [3.8, 4) is 5.75 Å². The molecule has 1 aromatic carbocycles. The number of hydrogen-bond donors (Lipinski definition) is 3. The lowest BCUT2D eigenvalue weighted by atomic mass is 10.0. The lowest BCUT2D eigenvalue weighted by Gasteiger charge is -2.30. The fourth-order valence-corrected chi connectivity index (χ4v) is 3.96. The van der Waals surface area contributed by atoms with Crippen LogP contribution in [0.1, 0.15) is 25.3 Å². The van der Waals surface area contributed by atoms with Crippen LogP contribution in [-0.4, -0.2) is 48.0 Å². The summed E-state index contributed by atoms with van der Waals surface area (Å²) >= 11 is 0. The number of rotatable bonds is 6. The van der Waals surface area contributed by atoms with Crippen molar-refractivity contribution in [3.63, 3.8) is 0 Å². The first-order chi connectivity index (χ1) is 10.8. The molecule has 0 aliphatic carbocycles. The highest BCUT2D eigenvalue weighted by atomic mass is 32.2. The van der Waals surface area contributed by atoms with E-state index in [9.17, 15) is 23.4 Å². The number of aromatic hydroxyl groups is 1. The molecular formula is C15H22N2O5S. The molecule has 1 atom stereocenters. The van der Waals surface area contributed by atoms with Gasteiger partial charge in [-0.25, -0.2) is 0 Å². The molecule has 1 aromatic rings. The summed E-state index contributed by atoms with van der Waals surface area (Å²) in [6.45, 7) is 2.86. The molecule has 1 aliphatic rings. The van der Waals surface area contributed by atoms with E-state index in [1.807, 2.05) is 0 Å². The molecule has 0 spiro atoms. The van der Waals surface area contributed by atoms with Crippen molar-refractivity contribution < 1.29 is 23.4 Å². The largest absolute Gasteiger partial charge is 0.508 e. The second-order valence-electron chi connectivity index (χ2n) is 5.97. The molecule has 0 saturated carbocycles. The minimum Gasteiger partial charge on any atom is -0.508 e. The maximum Gasteiger partial charge on any atom is 0.322 e. The van der Waals surface area contributed by atoms with Gasteiger partial charge in [0.1, 0.15) is 11.8 Å². The monoisotopic (exact) mass is 342 g/mol. The van der Waals surface area contributed by atoms with Crippen molar-refractivity contribution in [2.75, 3.05) is 13.1 Å². The number of carboxylic acid groups (broad SMARTS) is 1. The van der Waals surface area contributed by atoms with E-state index in [0.717, 1.165) is 12.8 Å². The van der Waals surface area contributed by atoms with E-state index in [1.165, 1.54) is 16.4 Å². The van der Waals surface area contributed by atoms with Gasteiger partial charge in [-0.15, -0.1) is 0 Å². The Kier molecular flexibility index (Phi) is 5.61. The summed E-state index contributed by atoms with van der Waals surface area (Å²) in [5, 5.41) is 18.7. The fourth-order valence-electron chi connectivity index (χ4n) is 2.58. The van der Waals surface area contributed by atoms with E-state index in [-0.39, 0.29) is 12.2 Å². The molecule has 1 aliphatic heterocycles. The van der Waals surface area contributed by atoms with Crippen LogP contribution in [0.2, 0.25) is 0 Å². The van der Waals surface area contributed by atoms with Crippen LogP contribution in [0, 0.1) is 5.92 Å². The predicted octanol–water partition coefficient (Wildman–Crippen LogP) is 0.954. The summed E-state index contributed by atoms with van der Waals surface area (Å²) < 4.78 is 28.3. The van der Waals surface area contributed by atoms with Gasteiger partial charge in [-0.2, -0.15) is 17.4 Å². The highest BCUT2D eigenvalue weighted by molar-refractivity contribution is 7.87. The molecule has 7 nitrogen and oxygen atoms in total. The summed E-state index contributed by atoms with van der Waals surface area (Å²) in [7, 11) is -3.84. The van der Waals surface area contributed by atoms with Gasteiger partial charge in [-0.05, 0) is 42.9 Å². The third kappa shape index (κ3) is 4.92. The molecule has 0 aromatic heterocycles. The molecule has 1 unspecified atom stereocenters. The summed E-state index contributed by atoms with van der Waals surface area (Å²) in [5.74, 6) is -0.758. The minimum absolute atomic E-state index is 0.0134. The molecule has 23 heavy (non-hydrogen) atoms. The van der Waals surface area contributed by atoms with Gasteiger partial charge in [-0.3, -0.25) is 4.79 Å². The Hall–Kier alpha value is -1.64. The Morgan fingerprint density at radius 1 is 1.39 bits per heavy atom. The van der Waals surface area contributed by atoms with Crippen molar-refractivity contribution >= 4 is 16.2 Å². The first-order valence-corrected chi connectivity index (χ1v) is 9.00. The van der Waals surface area contributed by atoms with Crippen LogP contribution < -0.4 is 4.72 Å². The van der Waals surface area contributed by atoms with E-state index in [1.54, 1.807) is 12.1 Å². The maximum absolute atomic E-state index is 12.4. The Morgan fingerprint density at radius 2 is 2.04 bits per heavy atom. The zero-order chi connectivity index (χ0) is 17.0. The number of nitrogens with zero attached hydrogens (tertiary/aromatic N) is 1. The van der Waals surface area contributed by atoms with Crippen LogP contribution in [0.5, 0.6) is 5.75 Å². The molecule has 2 rings (SSSR count). The van der Waals surface area contributed by atoms with Crippen LogP contribution in [0.15, 0.2) is 24.3 Å². The molecule has 128 valence electrons. The Bertz CT molecular complexity index is 654. The van der Waals surface area contributed by atoms with E-state index in [0.29, 0.717) is 24.6 Å². The molecule has 1 fully saturated rings. The lowest BCUT2D eigenvalue weighted by Crippen LogP contribution is -2.51. The van der Waals surface area contributed by atoms with Crippen LogP contribution in [0.3, 0.4) is 0 Å². The Labute approximate surface area is 136 Å². The molecule has 0 radical (unpaired) electrons. The topological polar surface area (TPSA) is 107 Å². The number of aliphatic carboxylic acids is 1. The van der Waals surface area contributed by atoms with Gasteiger partial charge in [-0.1, -0.05) is 19.1 Å². The van der Waals surface area contributed by atoms with E-state index in [4.69, 9.17) is 0 Å². The SMILES string of the molecule is CC1CCN(S(=O)(=O)NC(Cc2cccc(O)c2)C(=O)O)CC1. The fraction of sp³-hybridized carbons (Fsp3) is 0.533. The Balaban J connectivity index is 2.08. The number of piperidine rings is 1. The average molecular weight is 342 g/mol. The zero-order valence-corrected chi connectivity index (χ0v) is 13.8. The van der Waals surface area contributed by atoms with E-state index < -0.39 is 22.2 Å². The molecule has 8 heteroatoms. The van der Waals surface area contributed by atoms with Gasteiger partial charge in [0.2, 0.25) is 0 Å². The van der Waals surface area contributed by atoms with Gasteiger partial charge < -0.3 is 10.2 Å². The van der Waals surface area contributed by atoms with Gasteiger partial charge in [0.15, 0.2) is 0 Å². The first kappa shape index (κ1) is 17.7. The third-order valence-corrected chi connectivity index (χ3v) is 5.65. The highest BCUT2D eigenvalue weighted by Gasteiger charge is 2.31. The maximum atomic E-state index is 12.4. The average Bonchev–Trinajstić information content (AvgIpc) is 2.46. The highest BCUT2D eigenvalue weighted by Crippen LogP contribution is 2.19. The van der Waals surface area contributed by atoms with Gasteiger partial charge in [0.05, 0.1) is 0 Å². The van der Waals surface area contributed by atoms with Gasteiger partial charge in [0, 0.05) is 13.1 Å². The van der Waals surface area contributed by atoms with Gasteiger partial charge >= 0.3 is 5.97 Å². The molecule has 0 bridgehead atoms. The second kappa shape index (κ2) is 7.29. The zero-order valence-electron chi connectivity index (χ0n) is 13.0. The van der Waals surface area contributed by atoms with Crippen molar-refractivity contribution in [1.29, 1.82) is 0 Å². The van der Waals surface area contributed by atoms with Crippen molar-refractivity contribution in [2.45, 2.75) is 32.2 Å². The standard InChI is InChI=1S/C15H22N2O5S/c1-11-5-7-17(8-6-11)23(21,22)16-14(15(19)20)10-12-3-2-4-13(18)9-12/h2-4,9,11,14,16,18H,5-8,10H2,1H3,(H,19,20). The molecule has 0 amide bonds.